The molecule has 0 amide bonds. The average molecular weight is 500 g/mol. The Bertz CT molecular complexity index is 840. The SMILES string of the molecule is C[Si](C)(CCO)C1=C(c2cccc3c2C2=C([CH]3[Zr+2])[Si]2(C)C)CC=C1.[Cl-].[Cl-]. The molecular formula is C20H25Cl2OSi2Zr. The van der Waals surface area contributed by atoms with Crippen LogP contribution in [0.15, 0.2) is 40.7 Å². The third-order valence-electron chi connectivity index (χ3n) is 6.17. The molecule has 0 radical (unpaired) electrons. The summed E-state index contributed by atoms with van der Waals surface area (Å²) >= 11 is 1.65. The zero-order valence-electron chi connectivity index (χ0n) is 15.8. The van der Waals surface area contributed by atoms with Gasteiger partial charge in [0.1, 0.15) is 0 Å². The minimum absolute atomic E-state index is 0. The van der Waals surface area contributed by atoms with Gasteiger partial charge in [-0.1, -0.05) is 0 Å². The third-order valence-corrected chi connectivity index (χ3v) is 15.2. The first-order valence-corrected chi connectivity index (χ1v) is 16.5. The molecule has 137 valence electrons. The van der Waals surface area contributed by atoms with E-state index in [-0.39, 0.29) is 24.8 Å². The fourth-order valence-corrected chi connectivity index (χ4v) is 15.0. The summed E-state index contributed by atoms with van der Waals surface area (Å²) in [6.45, 7) is 10.2. The van der Waals surface area contributed by atoms with Crippen molar-refractivity contribution < 1.29 is 54.6 Å². The molecule has 1 aromatic rings. The molecule has 1 aliphatic heterocycles. The second-order valence-corrected chi connectivity index (χ2v) is 19.0. The molecule has 1 nitrogen and oxygen atoms in total. The summed E-state index contributed by atoms with van der Waals surface area (Å²) in [6, 6.07) is 7.97. The van der Waals surface area contributed by atoms with Gasteiger partial charge in [0.25, 0.3) is 0 Å². The van der Waals surface area contributed by atoms with Gasteiger partial charge in [-0.3, -0.25) is 0 Å². The van der Waals surface area contributed by atoms with Crippen LogP contribution in [0.3, 0.4) is 0 Å². The first-order valence-electron chi connectivity index (χ1n) is 8.91. The number of hydrogen-bond donors (Lipinski definition) is 1. The summed E-state index contributed by atoms with van der Waals surface area (Å²) in [5, 5.41) is 14.7. The van der Waals surface area contributed by atoms with Crippen LogP contribution in [0.2, 0.25) is 32.2 Å². The molecule has 0 fully saturated rings. The van der Waals surface area contributed by atoms with E-state index < -0.39 is 16.1 Å². The van der Waals surface area contributed by atoms with Crippen LogP contribution >= 0.6 is 0 Å². The van der Waals surface area contributed by atoms with Crippen LogP contribution in [0, 0.1) is 0 Å². The number of hydrogen-bond acceptors (Lipinski definition) is 1. The van der Waals surface area contributed by atoms with E-state index in [0.29, 0.717) is 6.61 Å². The number of halogens is 2. The van der Waals surface area contributed by atoms with Crippen LogP contribution in [0.1, 0.15) is 26.7 Å². The van der Waals surface area contributed by atoms with E-state index >= 15 is 0 Å². The number of allylic oxidation sites excluding steroid dienone is 5. The number of fused-ring (bicyclic) bond motifs is 2. The van der Waals surface area contributed by atoms with Gasteiger partial charge in [-0.2, -0.15) is 0 Å². The summed E-state index contributed by atoms with van der Waals surface area (Å²) in [5.74, 6) is 0. The van der Waals surface area contributed by atoms with Crippen LogP contribution in [0.4, 0.5) is 0 Å². The molecule has 0 saturated carbocycles. The average Bonchev–Trinajstić information content (AvgIpc) is 2.87. The Morgan fingerprint density at radius 2 is 1.92 bits per heavy atom. The molecule has 6 heteroatoms. The minimum atomic E-state index is -1.57. The summed E-state index contributed by atoms with van der Waals surface area (Å²) in [4.78, 5) is 0. The van der Waals surface area contributed by atoms with E-state index in [1.54, 1.807) is 51.8 Å². The Morgan fingerprint density at radius 3 is 2.58 bits per heavy atom. The molecule has 0 saturated heterocycles. The number of aliphatic hydroxyl groups is 1. The molecule has 0 bridgehead atoms. The van der Waals surface area contributed by atoms with Crippen LogP contribution in [0.5, 0.6) is 0 Å². The molecule has 26 heavy (non-hydrogen) atoms. The zero-order chi connectivity index (χ0) is 17.3. The molecule has 3 aliphatic rings. The minimum Gasteiger partial charge on any atom is -1.00 e. The Kier molecular flexibility index (Phi) is 6.61. The summed E-state index contributed by atoms with van der Waals surface area (Å²) in [7, 11) is -2.77. The van der Waals surface area contributed by atoms with E-state index in [0.717, 1.165) is 16.1 Å². The van der Waals surface area contributed by atoms with Crippen molar-refractivity contribution in [3.8, 4) is 0 Å². The zero-order valence-corrected chi connectivity index (χ0v) is 21.8. The maximum atomic E-state index is 9.52. The fourth-order valence-electron chi connectivity index (χ4n) is 4.76. The largest absolute Gasteiger partial charge is 1.00 e. The van der Waals surface area contributed by atoms with E-state index in [9.17, 15) is 5.11 Å². The first kappa shape index (κ1) is 22.6. The van der Waals surface area contributed by atoms with Gasteiger partial charge in [0.05, 0.1) is 0 Å². The van der Waals surface area contributed by atoms with E-state index in [1.807, 2.05) is 5.20 Å². The molecule has 0 spiro atoms. The quantitative estimate of drug-likeness (QED) is 0.517. The third kappa shape index (κ3) is 3.19. The van der Waals surface area contributed by atoms with E-state index in [2.05, 4.69) is 56.5 Å². The van der Waals surface area contributed by atoms with Crippen molar-refractivity contribution in [2.75, 3.05) is 6.61 Å². The molecule has 1 aromatic carbocycles. The van der Waals surface area contributed by atoms with Gasteiger partial charge in [0, 0.05) is 0 Å². The van der Waals surface area contributed by atoms with Gasteiger partial charge < -0.3 is 24.8 Å². The Labute approximate surface area is 186 Å². The smallest absolute Gasteiger partial charge is 1.00 e. The van der Waals surface area contributed by atoms with Gasteiger partial charge in [-0.25, -0.2) is 0 Å². The molecule has 2 aliphatic carbocycles. The van der Waals surface area contributed by atoms with Crippen molar-refractivity contribution >= 4 is 26.9 Å². The first-order chi connectivity index (χ1) is 11.3. The fraction of sp³-hybridized carbons (Fsp3) is 0.400. The Hall–Kier alpha value is 0.297. The van der Waals surface area contributed by atoms with Crippen molar-refractivity contribution in [3.63, 3.8) is 0 Å². The standard InChI is InChI=1S/C20H25OSi2.2ClH.Zr/c1-22(2,12-11-21)17-10-6-8-15(17)16-9-5-7-14-13-18-20(19(14)16)23(18,3)4;;;/h5-7,9-10,13,21H,8,11-12H2,1-4H3;2*1H;/q;;;+2/p-2. The van der Waals surface area contributed by atoms with Crippen molar-refractivity contribution in [2.45, 2.75) is 42.3 Å². The van der Waals surface area contributed by atoms with Crippen molar-refractivity contribution in [3.05, 3.63) is 57.4 Å². The number of aliphatic hydroxyl groups excluding tert-OH is 1. The van der Waals surface area contributed by atoms with Crippen LogP contribution < -0.4 is 24.8 Å². The predicted octanol–water partition coefficient (Wildman–Crippen LogP) is -1.20. The predicted molar refractivity (Wildman–Crippen MR) is 104 cm³/mol. The molecule has 0 aromatic heterocycles. The van der Waals surface area contributed by atoms with Crippen molar-refractivity contribution in [1.29, 1.82) is 0 Å². The second kappa shape index (κ2) is 7.61. The van der Waals surface area contributed by atoms with Gasteiger partial charge in [0.15, 0.2) is 0 Å². The van der Waals surface area contributed by atoms with Crippen LogP contribution in [0.25, 0.3) is 10.8 Å². The molecule has 1 unspecified atom stereocenters. The summed E-state index contributed by atoms with van der Waals surface area (Å²) in [5.41, 5.74) is 6.30. The van der Waals surface area contributed by atoms with E-state index in [4.69, 9.17) is 0 Å². The summed E-state index contributed by atoms with van der Waals surface area (Å²) < 4.78 is 0.727. The molecule has 4 rings (SSSR count). The Morgan fingerprint density at radius 1 is 1.23 bits per heavy atom. The van der Waals surface area contributed by atoms with Gasteiger partial charge in [-0.05, 0) is 0 Å². The van der Waals surface area contributed by atoms with Gasteiger partial charge in [-0.15, -0.1) is 0 Å². The molecule has 1 N–H and O–H groups in total. The second-order valence-electron chi connectivity index (χ2n) is 8.47. The maximum absolute atomic E-state index is 9.52. The van der Waals surface area contributed by atoms with Crippen LogP contribution in [-0.2, 0) is 24.7 Å². The van der Waals surface area contributed by atoms with Gasteiger partial charge in [0.2, 0.25) is 0 Å². The van der Waals surface area contributed by atoms with Gasteiger partial charge >= 0.3 is 163 Å². The molecule has 1 heterocycles. The Balaban J connectivity index is 0.00000121. The van der Waals surface area contributed by atoms with Crippen LogP contribution in [-0.4, -0.2) is 27.9 Å². The topological polar surface area (TPSA) is 20.2 Å². The number of benzene rings is 1. The molecular weight excluding hydrogens is 475 g/mol. The van der Waals surface area contributed by atoms with E-state index in [1.165, 1.54) is 5.56 Å². The molecule has 1 atom stereocenters. The monoisotopic (exact) mass is 497 g/mol. The maximum Gasteiger partial charge on any atom is -1.00 e. The normalized spacial score (nSPS) is 22.0. The summed E-state index contributed by atoms with van der Waals surface area (Å²) in [6.07, 6.45) is 5.77. The van der Waals surface area contributed by atoms with Crippen molar-refractivity contribution in [1.82, 2.24) is 0 Å². The van der Waals surface area contributed by atoms with Crippen molar-refractivity contribution in [2.24, 2.45) is 0 Å². The number of rotatable bonds is 4.